The van der Waals surface area contributed by atoms with Crippen LogP contribution in [0.5, 0.6) is 0 Å². The van der Waals surface area contributed by atoms with E-state index in [1.165, 1.54) is 6.20 Å². The number of nitrogens with zero attached hydrogens (tertiary/aromatic N) is 2. The third-order valence-electron chi connectivity index (χ3n) is 2.35. The normalized spacial score (nSPS) is 21.3. The first-order valence-electron chi connectivity index (χ1n) is 4.59. The number of hydrogen-bond donors (Lipinski definition) is 1. The SMILES string of the molecule is O=C(O)c1cnn(C[C@H]2CCOC2)c1. The molecule has 0 amide bonds. The second-order valence-electron chi connectivity index (χ2n) is 3.49. The van der Waals surface area contributed by atoms with Crippen LogP contribution >= 0.6 is 0 Å². The van der Waals surface area contributed by atoms with Crippen molar-refractivity contribution in [2.75, 3.05) is 13.2 Å². The Morgan fingerprint density at radius 1 is 1.79 bits per heavy atom. The summed E-state index contributed by atoms with van der Waals surface area (Å²) in [5, 5.41) is 12.7. The predicted octanol–water partition coefficient (Wildman–Crippen LogP) is 0.618. The van der Waals surface area contributed by atoms with Crippen LogP contribution in [0.4, 0.5) is 0 Å². The topological polar surface area (TPSA) is 64.3 Å². The lowest BCUT2D eigenvalue weighted by molar-refractivity contribution is 0.0696. The summed E-state index contributed by atoms with van der Waals surface area (Å²) in [4.78, 5) is 10.6. The van der Waals surface area contributed by atoms with E-state index in [0.717, 1.165) is 26.2 Å². The summed E-state index contributed by atoms with van der Waals surface area (Å²) in [6.07, 6.45) is 3.96. The first-order valence-corrected chi connectivity index (χ1v) is 4.59. The van der Waals surface area contributed by atoms with Gasteiger partial charge in [0.25, 0.3) is 0 Å². The quantitative estimate of drug-likeness (QED) is 0.769. The molecule has 14 heavy (non-hydrogen) atoms. The highest BCUT2D eigenvalue weighted by molar-refractivity contribution is 5.86. The molecule has 1 saturated heterocycles. The molecule has 76 valence electrons. The van der Waals surface area contributed by atoms with Crippen molar-refractivity contribution < 1.29 is 14.6 Å². The van der Waals surface area contributed by atoms with E-state index in [0.29, 0.717) is 5.92 Å². The van der Waals surface area contributed by atoms with Gasteiger partial charge in [-0.1, -0.05) is 0 Å². The molecule has 1 aliphatic heterocycles. The molecule has 1 atom stereocenters. The van der Waals surface area contributed by atoms with Crippen molar-refractivity contribution >= 4 is 5.97 Å². The van der Waals surface area contributed by atoms with Crippen molar-refractivity contribution in [3.8, 4) is 0 Å². The van der Waals surface area contributed by atoms with Gasteiger partial charge in [0, 0.05) is 25.3 Å². The monoisotopic (exact) mass is 196 g/mol. The number of hydrogen-bond acceptors (Lipinski definition) is 3. The largest absolute Gasteiger partial charge is 0.478 e. The minimum atomic E-state index is -0.932. The molecule has 0 spiro atoms. The molecule has 0 saturated carbocycles. The molecule has 0 aromatic carbocycles. The van der Waals surface area contributed by atoms with E-state index in [2.05, 4.69) is 5.10 Å². The second kappa shape index (κ2) is 3.79. The van der Waals surface area contributed by atoms with Gasteiger partial charge in [-0.3, -0.25) is 4.68 Å². The fourth-order valence-electron chi connectivity index (χ4n) is 1.57. The number of carboxylic acid groups (broad SMARTS) is 1. The molecule has 1 aliphatic rings. The lowest BCUT2D eigenvalue weighted by atomic mass is 10.1. The summed E-state index contributed by atoms with van der Waals surface area (Å²) in [7, 11) is 0. The van der Waals surface area contributed by atoms with Gasteiger partial charge in [0.1, 0.15) is 0 Å². The van der Waals surface area contributed by atoms with Crippen LogP contribution in [-0.2, 0) is 11.3 Å². The average Bonchev–Trinajstić information content (AvgIpc) is 2.75. The number of aromatic carboxylic acids is 1. The van der Waals surface area contributed by atoms with Gasteiger partial charge < -0.3 is 9.84 Å². The van der Waals surface area contributed by atoms with Gasteiger partial charge in [0.15, 0.2) is 0 Å². The van der Waals surface area contributed by atoms with Gasteiger partial charge in [0.2, 0.25) is 0 Å². The number of carbonyl (C=O) groups is 1. The Bertz CT molecular complexity index is 329. The van der Waals surface area contributed by atoms with Crippen molar-refractivity contribution in [1.29, 1.82) is 0 Å². The van der Waals surface area contributed by atoms with Gasteiger partial charge in [-0.15, -0.1) is 0 Å². The van der Waals surface area contributed by atoms with Crippen molar-refractivity contribution in [1.82, 2.24) is 9.78 Å². The summed E-state index contributed by atoms with van der Waals surface area (Å²) in [5.41, 5.74) is 0.240. The Morgan fingerprint density at radius 2 is 2.64 bits per heavy atom. The van der Waals surface area contributed by atoms with Crippen molar-refractivity contribution in [3.05, 3.63) is 18.0 Å². The zero-order valence-electron chi connectivity index (χ0n) is 7.72. The molecule has 0 unspecified atom stereocenters. The lowest BCUT2D eigenvalue weighted by Gasteiger charge is -2.06. The van der Waals surface area contributed by atoms with Crippen LogP contribution in [0.2, 0.25) is 0 Å². The van der Waals surface area contributed by atoms with E-state index in [4.69, 9.17) is 9.84 Å². The molecule has 0 bridgehead atoms. The zero-order chi connectivity index (χ0) is 9.97. The predicted molar refractivity (Wildman–Crippen MR) is 48.1 cm³/mol. The van der Waals surface area contributed by atoms with E-state index < -0.39 is 5.97 Å². The molecule has 1 N–H and O–H groups in total. The molecule has 2 heterocycles. The van der Waals surface area contributed by atoms with E-state index in [1.807, 2.05) is 0 Å². The molecular formula is C9H12N2O3. The van der Waals surface area contributed by atoms with Crippen molar-refractivity contribution in [3.63, 3.8) is 0 Å². The van der Waals surface area contributed by atoms with Crippen LogP contribution < -0.4 is 0 Å². The minimum absolute atomic E-state index is 0.240. The highest BCUT2D eigenvalue weighted by atomic mass is 16.5. The summed E-state index contributed by atoms with van der Waals surface area (Å²) in [6.45, 7) is 2.30. The third kappa shape index (κ3) is 1.93. The molecule has 2 rings (SSSR count). The minimum Gasteiger partial charge on any atom is -0.478 e. The average molecular weight is 196 g/mol. The molecule has 1 aromatic rings. The lowest BCUT2D eigenvalue weighted by Crippen LogP contribution is -2.10. The van der Waals surface area contributed by atoms with Gasteiger partial charge in [0.05, 0.1) is 18.4 Å². The summed E-state index contributed by atoms with van der Waals surface area (Å²) < 4.78 is 6.90. The first-order chi connectivity index (χ1) is 6.75. The summed E-state index contributed by atoms with van der Waals surface area (Å²) >= 11 is 0. The Labute approximate surface area is 81.3 Å². The van der Waals surface area contributed by atoms with Crippen LogP contribution in [0.1, 0.15) is 16.8 Å². The summed E-state index contributed by atoms with van der Waals surface area (Å²) in [5.74, 6) is -0.463. The maximum atomic E-state index is 10.6. The van der Waals surface area contributed by atoms with Crippen LogP contribution in [0.3, 0.4) is 0 Å². The van der Waals surface area contributed by atoms with Crippen molar-refractivity contribution in [2.24, 2.45) is 5.92 Å². The number of ether oxygens (including phenoxy) is 1. The summed E-state index contributed by atoms with van der Waals surface area (Å²) in [6, 6.07) is 0. The molecular weight excluding hydrogens is 184 g/mol. The van der Waals surface area contributed by atoms with Gasteiger partial charge >= 0.3 is 5.97 Å². The Balaban J connectivity index is 1.98. The molecule has 1 fully saturated rings. The van der Waals surface area contributed by atoms with E-state index in [-0.39, 0.29) is 5.56 Å². The Kier molecular flexibility index (Phi) is 2.49. The van der Waals surface area contributed by atoms with Crippen LogP contribution in [0, 0.1) is 5.92 Å². The standard InChI is InChI=1S/C9H12N2O3/c12-9(13)8-3-10-11(5-8)4-7-1-2-14-6-7/h3,5,7H,1-2,4,6H2,(H,12,13)/t7-/m1/s1. The zero-order valence-corrected chi connectivity index (χ0v) is 7.72. The highest BCUT2D eigenvalue weighted by Crippen LogP contribution is 2.14. The molecule has 0 radical (unpaired) electrons. The van der Waals surface area contributed by atoms with Crippen LogP contribution in [0.15, 0.2) is 12.4 Å². The smallest absolute Gasteiger partial charge is 0.338 e. The van der Waals surface area contributed by atoms with E-state index >= 15 is 0 Å². The van der Waals surface area contributed by atoms with E-state index in [9.17, 15) is 4.79 Å². The van der Waals surface area contributed by atoms with Crippen LogP contribution in [-0.4, -0.2) is 34.1 Å². The van der Waals surface area contributed by atoms with Gasteiger partial charge in [-0.05, 0) is 6.42 Å². The van der Waals surface area contributed by atoms with Gasteiger partial charge in [-0.25, -0.2) is 4.79 Å². The fourth-order valence-corrected chi connectivity index (χ4v) is 1.57. The Morgan fingerprint density at radius 3 is 3.21 bits per heavy atom. The maximum absolute atomic E-state index is 10.6. The van der Waals surface area contributed by atoms with Crippen molar-refractivity contribution in [2.45, 2.75) is 13.0 Å². The number of aromatic nitrogens is 2. The molecule has 5 nitrogen and oxygen atoms in total. The fraction of sp³-hybridized carbons (Fsp3) is 0.556. The first kappa shape index (κ1) is 9.21. The third-order valence-corrected chi connectivity index (χ3v) is 2.35. The van der Waals surface area contributed by atoms with Gasteiger partial charge in [-0.2, -0.15) is 5.10 Å². The Hall–Kier alpha value is -1.36. The van der Waals surface area contributed by atoms with Crippen LogP contribution in [0.25, 0.3) is 0 Å². The molecule has 5 heteroatoms. The highest BCUT2D eigenvalue weighted by Gasteiger charge is 2.17. The molecule has 1 aromatic heterocycles. The number of rotatable bonds is 3. The maximum Gasteiger partial charge on any atom is 0.338 e. The number of carboxylic acids is 1. The second-order valence-corrected chi connectivity index (χ2v) is 3.49. The molecule has 0 aliphatic carbocycles. The van der Waals surface area contributed by atoms with E-state index in [1.54, 1.807) is 10.9 Å².